The zero-order chi connectivity index (χ0) is 22.9. The number of nitrogens with zero attached hydrogens (tertiary/aromatic N) is 2. The monoisotopic (exact) mass is 434 g/mol. The normalized spacial score (nSPS) is 11.4. The third kappa shape index (κ3) is 5.55. The number of para-hydroxylation sites is 2. The molecule has 0 atom stereocenters. The number of phenols is 2. The first-order valence-corrected chi connectivity index (χ1v) is 11.0. The molecule has 0 fully saturated rings. The topological polar surface area (TPSA) is 65.2 Å². The van der Waals surface area contributed by atoms with Gasteiger partial charge >= 0.3 is 0 Å². The number of hydrogen-bond acceptors (Lipinski definition) is 4. The number of hydrogen-bond donors (Lipinski definition) is 2. The highest BCUT2D eigenvalue weighted by atomic mass is 16.3. The van der Waals surface area contributed by atoms with Crippen molar-refractivity contribution in [2.24, 2.45) is 9.98 Å². The number of aliphatic imine (C=N–C) groups is 2. The van der Waals surface area contributed by atoms with Gasteiger partial charge in [-0.2, -0.15) is 0 Å². The summed E-state index contributed by atoms with van der Waals surface area (Å²) in [7, 11) is 0. The summed E-state index contributed by atoms with van der Waals surface area (Å²) >= 11 is 0. The van der Waals surface area contributed by atoms with Crippen LogP contribution in [0.4, 0.5) is 0 Å². The van der Waals surface area contributed by atoms with Gasteiger partial charge in [-0.1, -0.05) is 84.9 Å². The minimum Gasteiger partial charge on any atom is -0.507 e. The van der Waals surface area contributed by atoms with Crippen LogP contribution in [0.1, 0.15) is 17.5 Å². The molecule has 0 saturated heterocycles. The van der Waals surface area contributed by atoms with Crippen molar-refractivity contribution in [3.63, 3.8) is 0 Å². The van der Waals surface area contributed by atoms with E-state index in [-0.39, 0.29) is 11.5 Å². The summed E-state index contributed by atoms with van der Waals surface area (Å²) in [6, 6.07) is 31.0. The lowest BCUT2D eigenvalue weighted by Crippen LogP contribution is -1.92. The van der Waals surface area contributed by atoms with E-state index in [1.807, 2.05) is 97.1 Å². The minimum atomic E-state index is 0.235. The molecule has 2 N–H and O–H groups in total. The molecular weight excluding hydrogens is 408 g/mol. The fourth-order valence-corrected chi connectivity index (χ4v) is 3.61. The quantitative estimate of drug-likeness (QED) is 0.250. The summed E-state index contributed by atoms with van der Waals surface area (Å²) < 4.78 is 0. The SMILES string of the molecule is Oc1c(C=NCCCN=Cc2cccc(-c3ccccc3)c2O)cccc1-c1ccccc1. The van der Waals surface area contributed by atoms with Crippen molar-refractivity contribution in [3.05, 3.63) is 108 Å². The Balaban J connectivity index is 1.33. The van der Waals surface area contributed by atoms with E-state index in [1.54, 1.807) is 12.4 Å². The van der Waals surface area contributed by atoms with Crippen LogP contribution >= 0.6 is 0 Å². The summed E-state index contributed by atoms with van der Waals surface area (Å²) in [6.07, 6.45) is 4.19. The largest absolute Gasteiger partial charge is 0.507 e. The molecule has 33 heavy (non-hydrogen) atoms. The molecular formula is C29H26N2O2. The highest BCUT2D eigenvalue weighted by Gasteiger charge is 2.08. The van der Waals surface area contributed by atoms with Crippen LogP contribution < -0.4 is 0 Å². The second-order valence-corrected chi connectivity index (χ2v) is 7.64. The maximum absolute atomic E-state index is 10.6. The predicted octanol–water partition coefficient (Wildman–Crippen LogP) is 6.36. The Bertz CT molecular complexity index is 1150. The van der Waals surface area contributed by atoms with Crippen molar-refractivity contribution in [1.82, 2.24) is 0 Å². The molecule has 4 nitrogen and oxygen atoms in total. The Hall–Kier alpha value is -4.18. The van der Waals surface area contributed by atoms with Crippen molar-refractivity contribution in [2.75, 3.05) is 13.1 Å². The lowest BCUT2D eigenvalue weighted by molar-refractivity contribution is 0.476. The molecule has 0 aliphatic carbocycles. The minimum absolute atomic E-state index is 0.235. The smallest absolute Gasteiger partial charge is 0.132 e. The molecule has 0 saturated carbocycles. The molecule has 0 aliphatic rings. The van der Waals surface area contributed by atoms with Crippen LogP contribution in [0.25, 0.3) is 22.3 Å². The lowest BCUT2D eigenvalue weighted by atomic mass is 10.0. The van der Waals surface area contributed by atoms with E-state index >= 15 is 0 Å². The van der Waals surface area contributed by atoms with Crippen molar-refractivity contribution < 1.29 is 10.2 Å². The van der Waals surface area contributed by atoms with Crippen LogP contribution in [0.5, 0.6) is 11.5 Å². The van der Waals surface area contributed by atoms with Gasteiger partial charge < -0.3 is 10.2 Å². The summed E-state index contributed by atoms with van der Waals surface area (Å²) in [6.45, 7) is 1.20. The average Bonchev–Trinajstić information content (AvgIpc) is 2.86. The van der Waals surface area contributed by atoms with Crippen LogP contribution in [0, 0.1) is 0 Å². The van der Waals surface area contributed by atoms with Gasteiger partial charge in [-0.25, -0.2) is 0 Å². The van der Waals surface area contributed by atoms with E-state index in [1.165, 1.54) is 0 Å². The molecule has 4 aromatic rings. The number of rotatable bonds is 8. The number of phenolic OH excluding ortho intramolecular Hbond substituents is 2. The number of benzene rings is 4. The van der Waals surface area contributed by atoms with Crippen molar-refractivity contribution in [2.45, 2.75) is 6.42 Å². The summed E-state index contributed by atoms with van der Waals surface area (Å²) in [5.74, 6) is 0.471. The average molecular weight is 435 g/mol. The molecule has 0 heterocycles. The molecule has 4 rings (SSSR count). The van der Waals surface area contributed by atoms with Gasteiger partial charge in [0.2, 0.25) is 0 Å². The Labute approximate surface area is 194 Å². The Morgan fingerprint density at radius 1 is 0.515 bits per heavy atom. The third-order valence-corrected chi connectivity index (χ3v) is 5.34. The summed E-state index contributed by atoms with van der Waals surface area (Å²) in [5.41, 5.74) is 4.92. The third-order valence-electron chi connectivity index (χ3n) is 5.34. The first kappa shape index (κ1) is 22.0. The Morgan fingerprint density at radius 3 is 1.36 bits per heavy atom. The second kappa shape index (κ2) is 10.9. The van der Waals surface area contributed by atoms with Gasteiger partial charge in [0.1, 0.15) is 11.5 Å². The highest BCUT2D eigenvalue weighted by molar-refractivity contribution is 5.89. The van der Waals surface area contributed by atoms with Gasteiger partial charge in [-0.05, 0) is 29.7 Å². The van der Waals surface area contributed by atoms with Gasteiger partial charge in [0, 0.05) is 47.8 Å². The van der Waals surface area contributed by atoms with Gasteiger partial charge in [0.25, 0.3) is 0 Å². The molecule has 0 amide bonds. The molecule has 164 valence electrons. The molecule has 0 aromatic heterocycles. The van der Waals surface area contributed by atoms with E-state index in [4.69, 9.17) is 0 Å². The van der Waals surface area contributed by atoms with Gasteiger partial charge in [0.15, 0.2) is 0 Å². The number of aromatic hydroxyl groups is 2. The van der Waals surface area contributed by atoms with E-state index in [0.717, 1.165) is 28.7 Å². The van der Waals surface area contributed by atoms with E-state index in [0.29, 0.717) is 24.2 Å². The highest BCUT2D eigenvalue weighted by Crippen LogP contribution is 2.32. The molecule has 0 spiro atoms. The van der Waals surface area contributed by atoms with Crippen LogP contribution in [-0.4, -0.2) is 35.7 Å². The van der Waals surface area contributed by atoms with E-state index in [2.05, 4.69) is 9.98 Å². The Morgan fingerprint density at radius 2 is 0.939 bits per heavy atom. The molecule has 0 unspecified atom stereocenters. The first-order chi connectivity index (χ1) is 16.2. The summed E-state index contributed by atoms with van der Waals surface area (Å²) in [4.78, 5) is 8.89. The fourth-order valence-electron chi connectivity index (χ4n) is 3.61. The van der Waals surface area contributed by atoms with Crippen LogP contribution in [-0.2, 0) is 0 Å². The second-order valence-electron chi connectivity index (χ2n) is 7.64. The molecule has 0 bridgehead atoms. The lowest BCUT2D eigenvalue weighted by Gasteiger charge is -2.07. The van der Waals surface area contributed by atoms with Crippen LogP contribution in [0.15, 0.2) is 107 Å². The van der Waals surface area contributed by atoms with E-state index in [9.17, 15) is 10.2 Å². The molecule has 0 aliphatic heterocycles. The summed E-state index contributed by atoms with van der Waals surface area (Å²) in [5, 5.41) is 21.2. The molecule has 4 aromatic carbocycles. The van der Waals surface area contributed by atoms with E-state index < -0.39 is 0 Å². The Kier molecular flexibility index (Phi) is 7.29. The predicted molar refractivity (Wildman–Crippen MR) is 137 cm³/mol. The van der Waals surface area contributed by atoms with Crippen LogP contribution in [0.3, 0.4) is 0 Å². The fraction of sp³-hybridized carbons (Fsp3) is 0.103. The first-order valence-electron chi connectivity index (χ1n) is 11.0. The molecule has 4 heteroatoms. The standard InChI is InChI=1S/C29H26N2O2/c32-28-24(14-7-16-26(28)22-10-3-1-4-11-22)20-30-18-9-19-31-21-25-15-8-17-27(29(25)33)23-12-5-2-6-13-23/h1-8,10-17,20-21,32-33H,9,18-19H2. The van der Waals surface area contributed by atoms with Crippen molar-refractivity contribution in [1.29, 1.82) is 0 Å². The van der Waals surface area contributed by atoms with Gasteiger partial charge in [-0.3, -0.25) is 9.98 Å². The van der Waals surface area contributed by atoms with Crippen molar-refractivity contribution in [3.8, 4) is 33.8 Å². The zero-order valence-corrected chi connectivity index (χ0v) is 18.3. The van der Waals surface area contributed by atoms with Gasteiger partial charge in [0.05, 0.1) is 0 Å². The van der Waals surface area contributed by atoms with Gasteiger partial charge in [-0.15, -0.1) is 0 Å². The van der Waals surface area contributed by atoms with Crippen molar-refractivity contribution >= 4 is 12.4 Å². The maximum atomic E-state index is 10.6. The zero-order valence-electron chi connectivity index (χ0n) is 18.3. The maximum Gasteiger partial charge on any atom is 0.132 e. The van der Waals surface area contributed by atoms with Crippen LogP contribution in [0.2, 0.25) is 0 Å². The molecule has 0 radical (unpaired) electrons.